The van der Waals surface area contributed by atoms with Gasteiger partial charge in [-0.1, -0.05) is 35.1 Å². The second-order valence-electron chi connectivity index (χ2n) is 6.50. The Hall–Kier alpha value is -2.37. The summed E-state index contributed by atoms with van der Waals surface area (Å²) in [4.78, 5) is 13.0. The van der Waals surface area contributed by atoms with Crippen LogP contribution in [0.3, 0.4) is 0 Å². The molecule has 28 heavy (non-hydrogen) atoms. The van der Waals surface area contributed by atoms with Crippen LogP contribution in [0.4, 0.5) is 5.69 Å². The van der Waals surface area contributed by atoms with Gasteiger partial charge in [0.2, 0.25) is 5.52 Å². The molecule has 0 aliphatic heterocycles. The lowest BCUT2D eigenvalue weighted by molar-refractivity contribution is -0.665. The monoisotopic (exact) mass is 414 g/mol. The van der Waals surface area contributed by atoms with Gasteiger partial charge in [0, 0.05) is 29.4 Å². The maximum Gasteiger partial charge on any atom is 0.262 e. The molecule has 0 bridgehead atoms. The largest absolute Gasteiger partial charge is 0.548 e. The molecule has 1 heterocycles. The van der Waals surface area contributed by atoms with Crippen molar-refractivity contribution < 1.29 is 14.5 Å². The number of likely N-dealkylation sites (N-methyl/N-ethyl adjacent to an activating group) is 1. The van der Waals surface area contributed by atoms with Crippen LogP contribution >= 0.6 is 22.9 Å². The van der Waals surface area contributed by atoms with Crippen LogP contribution in [0, 0.1) is 0 Å². The van der Waals surface area contributed by atoms with E-state index in [4.69, 9.17) is 11.6 Å². The highest BCUT2D eigenvalue weighted by atomic mass is 35.5. The minimum absolute atomic E-state index is 0.602. The van der Waals surface area contributed by atoms with Gasteiger partial charge in [0.15, 0.2) is 0 Å². The lowest BCUT2D eigenvalue weighted by atomic mass is 10.1. The Labute approximate surface area is 174 Å². The number of aryl methyl sites for hydroxylation is 1. The Morgan fingerprint density at radius 3 is 2.54 bits per heavy atom. The van der Waals surface area contributed by atoms with Crippen LogP contribution < -0.4 is 14.6 Å². The number of thiazole rings is 1. The van der Waals surface area contributed by atoms with Crippen LogP contribution in [0.5, 0.6) is 0 Å². The summed E-state index contributed by atoms with van der Waals surface area (Å²) < 4.78 is 3.45. The molecule has 1 atom stereocenters. The Morgan fingerprint density at radius 2 is 1.93 bits per heavy atom. The number of nitrogens with zero attached hydrogens (tertiary/aromatic N) is 2. The molecule has 0 saturated carbocycles. The molecule has 1 unspecified atom stereocenters. The van der Waals surface area contributed by atoms with Crippen molar-refractivity contribution in [3.8, 4) is 0 Å². The van der Waals surface area contributed by atoms with Crippen molar-refractivity contribution in [1.29, 1.82) is 0 Å². The summed E-state index contributed by atoms with van der Waals surface area (Å²) in [6.07, 6.45) is 4.18. The average molecular weight is 415 g/mol. The zero-order valence-electron chi connectivity index (χ0n) is 16.2. The second-order valence-corrected chi connectivity index (χ2v) is 8.00. The standard InChI is InChI=1S/C22H23ClN2O2S/c1-4-24(15(3)22(26)27)18-10-6-16(7-11-18)8-13-21-25(5-2)19-14-17(23)9-12-20(19)28-21/h6-15H,4-5H2,1-3H3. The van der Waals surface area contributed by atoms with Crippen molar-refractivity contribution in [2.24, 2.45) is 0 Å². The topological polar surface area (TPSA) is 47.2 Å². The quantitative estimate of drug-likeness (QED) is 0.549. The Kier molecular flexibility index (Phi) is 6.37. The van der Waals surface area contributed by atoms with Crippen molar-refractivity contribution in [3.05, 3.63) is 58.1 Å². The van der Waals surface area contributed by atoms with Gasteiger partial charge in [0.25, 0.3) is 5.01 Å². The summed E-state index contributed by atoms with van der Waals surface area (Å²) in [6.45, 7) is 7.17. The van der Waals surface area contributed by atoms with Gasteiger partial charge in [0.1, 0.15) is 11.2 Å². The van der Waals surface area contributed by atoms with Crippen molar-refractivity contribution in [1.82, 2.24) is 0 Å². The molecule has 4 nitrogen and oxygen atoms in total. The number of fused-ring (bicyclic) bond motifs is 1. The number of hydrogen-bond donors (Lipinski definition) is 0. The Bertz CT molecular complexity index is 1010. The molecule has 2 aromatic carbocycles. The first kappa shape index (κ1) is 20.4. The van der Waals surface area contributed by atoms with Crippen LogP contribution in [0.1, 0.15) is 31.3 Å². The number of carbonyl (C=O) groups is 1. The van der Waals surface area contributed by atoms with Crippen LogP contribution in [0.25, 0.3) is 22.4 Å². The molecule has 0 spiro atoms. The van der Waals surface area contributed by atoms with Gasteiger partial charge in [-0.15, -0.1) is 0 Å². The maximum absolute atomic E-state index is 11.2. The van der Waals surface area contributed by atoms with E-state index in [0.717, 1.165) is 33.3 Å². The van der Waals surface area contributed by atoms with E-state index >= 15 is 0 Å². The molecule has 0 fully saturated rings. The van der Waals surface area contributed by atoms with Crippen molar-refractivity contribution in [2.75, 3.05) is 11.4 Å². The summed E-state index contributed by atoms with van der Waals surface area (Å²) in [5, 5.41) is 13.1. The van der Waals surface area contributed by atoms with Crippen LogP contribution in [-0.4, -0.2) is 18.6 Å². The zero-order chi connectivity index (χ0) is 20.3. The molecule has 0 N–H and O–H groups in total. The second kappa shape index (κ2) is 8.76. The normalized spacial score (nSPS) is 12.6. The van der Waals surface area contributed by atoms with Gasteiger partial charge in [0.05, 0.1) is 12.0 Å². The number of benzene rings is 2. The molecule has 0 aliphatic rings. The smallest absolute Gasteiger partial charge is 0.262 e. The molecular formula is C22H23ClN2O2S. The third kappa shape index (κ3) is 4.21. The van der Waals surface area contributed by atoms with Crippen LogP contribution in [0.15, 0.2) is 42.5 Å². The highest BCUT2D eigenvalue weighted by Gasteiger charge is 2.17. The molecule has 1 aromatic heterocycles. The van der Waals surface area contributed by atoms with E-state index in [1.165, 1.54) is 4.70 Å². The van der Waals surface area contributed by atoms with E-state index in [1.807, 2.05) is 48.2 Å². The zero-order valence-corrected chi connectivity index (χ0v) is 17.8. The van der Waals surface area contributed by atoms with E-state index in [1.54, 1.807) is 18.3 Å². The predicted molar refractivity (Wildman–Crippen MR) is 116 cm³/mol. The fourth-order valence-corrected chi connectivity index (χ4v) is 4.55. The number of hydrogen-bond acceptors (Lipinski definition) is 4. The van der Waals surface area contributed by atoms with Crippen molar-refractivity contribution >= 4 is 57.0 Å². The van der Waals surface area contributed by atoms with E-state index in [2.05, 4.69) is 29.7 Å². The Morgan fingerprint density at radius 1 is 1.21 bits per heavy atom. The predicted octanol–water partition coefficient (Wildman–Crippen LogP) is 4.00. The number of rotatable bonds is 7. The lowest BCUT2D eigenvalue weighted by Gasteiger charge is -2.30. The molecule has 3 rings (SSSR count). The molecule has 0 radical (unpaired) electrons. The maximum atomic E-state index is 11.2. The molecule has 0 saturated heterocycles. The first-order valence-electron chi connectivity index (χ1n) is 9.32. The summed E-state index contributed by atoms with van der Waals surface area (Å²) >= 11 is 7.88. The fraction of sp³-hybridized carbons (Fsp3) is 0.273. The summed E-state index contributed by atoms with van der Waals surface area (Å²) in [6, 6.07) is 13.2. The van der Waals surface area contributed by atoms with Gasteiger partial charge in [-0.05, 0) is 56.7 Å². The number of carboxylic acids is 1. The SMILES string of the molecule is CCN(c1ccc(/C=C/c2sc3ccc(Cl)cc3[n+]2CC)cc1)C(C)C(=O)[O-]. The van der Waals surface area contributed by atoms with E-state index in [9.17, 15) is 9.90 Å². The molecule has 146 valence electrons. The van der Waals surface area contributed by atoms with E-state index < -0.39 is 12.0 Å². The van der Waals surface area contributed by atoms with Gasteiger partial charge >= 0.3 is 0 Å². The number of anilines is 1. The molecule has 0 amide bonds. The highest BCUT2D eigenvalue weighted by molar-refractivity contribution is 7.18. The number of halogens is 1. The Balaban J connectivity index is 1.85. The average Bonchev–Trinajstić information content (AvgIpc) is 3.04. The van der Waals surface area contributed by atoms with Gasteiger partial charge in [-0.25, -0.2) is 0 Å². The summed E-state index contributed by atoms with van der Waals surface area (Å²) in [7, 11) is 0. The molecule has 0 aliphatic carbocycles. The van der Waals surface area contributed by atoms with Crippen molar-refractivity contribution in [2.45, 2.75) is 33.4 Å². The third-order valence-electron chi connectivity index (χ3n) is 4.80. The molecular weight excluding hydrogens is 392 g/mol. The summed E-state index contributed by atoms with van der Waals surface area (Å²) in [5.41, 5.74) is 3.07. The van der Waals surface area contributed by atoms with Crippen LogP contribution in [0.2, 0.25) is 5.02 Å². The molecule has 3 aromatic rings. The van der Waals surface area contributed by atoms with E-state index in [-0.39, 0.29) is 0 Å². The minimum atomic E-state index is -1.07. The molecule has 6 heteroatoms. The number of aliphatic carboxylic acids is 1. The number of aromatic nitrogens is 1. The van der Waals surface area contributed by atoms with Gasteiger partial charge in [-0.2, -0.15) is 4.57 Å². The first-order chi connectivity index (χ1) is 13.4. The van der Waals surface area contributed by atoms with Crippen molar-refractivity contribution in [3.63, 3.8) is 0 Å². The minimum Gasteiger partial charge on any atom is -0.548 e. The fourth-order valence-electron chi connectivity index (χ4n) is 3.28. The van der Waals surface area contributed by atoms with Crippen LogP contribution in [-0.2, 0) is 11.3 Å². The lowest BCUT2D eigenvalue weighted by Crippen LogP contribution is -2.46. The van der Waals surface area contributed by atoms with E-state index in [0.29, 0.717) is 6.54 Å². The summed E-state index contributed by atoms with van der Waals surface area (Å²) in [5.74, 6) is -1.07. The third-order valence-corrected chi connectivity index (χ3v) is 6.17. The van der Waals surface area contributed by atoms with Gasteiger partial charge in [-0.3, -0.25) is 0 Å². The number of carboxylic acid groups (broad SMARTS) is 1. The first-order valence-corrected chi connectivity index (χ1v) is 10.5. The number of carbonyl (C=O) groups excluding carboxylic acids is 1. The highest BCUT2D eigenvalue weighted by Crippen LogP contribution is 2.25. The van der Waals surface area contributed by atoms with Gasteiger partial charge < -0.3 is 14.8 Å².